The van der Waals surface area contributed by atoms with Crippen LogP contribution in [0, 0.1) is 11.8 Å². The third kappa shape index (κ3) is 4.11. The van der Waals surface area contributed by atoms with E-state index in [-0.39, 0.29) is 11.8 Å². The summed E-state index contributed by atoms with van der Waals surface area (Å²) in [5.41, 5.74) is 0. The first-order valence-corrected chi connectivity index (χ1v) is 6.66. The maximum absolute atomic E-state index is 12.1. The van der Waals surface area contributed by atoms with E-state index in [1.54, 1.807) is 7.11 Å². The van der Waals surface area contributed by atoms with E-state index in [1.165, 1.54) is 12.8 Å². The fraction of sp³-hybridized carbons (Fsp3) is 0.909. The van der Waals surface area contributed by atoms with Crippen LogP contribution in [0.4, 0.5) is 0 Å². The average Bonchev–Trinajstić information content (AvgIpc) is 3.05. The topological polar surface area (TPSA) is 29.5 Å². The Morgan fingerprint density at radius 1 is 1.53 bits per heavy atom. The van der Waals surface area contributed by atoms with Crippen LogP contribution < -0.4 is 0 Å². The third-order valence-corrected chi connectivity index (χ3v) is 3.30. The highest BCUT2D eigenvalue weighted by atomic mass is 79.9. The van der Waals surface area contributed by atoms with E-state index in [4.69, 9.17) is 4.74 Å². The number of carbonyl (C=O) groups excluding carboxylic acids is 1. The zero-order chi connectivity index (χ0) is 11.3. The highest BCUT2D eigenvalue weighted by Crippen LogP contribution is 2.37. The Morgan fingerprint density at radius 3 is 2.67 bits per heavy atom. The molecule has 0 bridgehead atoms. The summed E-state index contributed by atoms with van der Waals surface area (Å²) >= 11 is 3.38. The van der Waals surface area contributed by atoms with Crippen LogP contribution in [0.1, 0.15) is 19.8 Å². The Hall–Kier alpha value is -0.0900. The molecule has 0 N–H and O–H groups in total. The maximum Gasteiger partial charge on any atom is 0.225 e. The van der Waals surface area contributed by atoms with Crippen LogP contribution in [0.15, 0.2) is 0 Å². The van der Waals surface area contributed by atoms with E-state index < -0.39 is 0 Å². The molecular weight excluding hydrogens is 258 g/mol. The molecule has 0 aromatic heterocycles. The van der Waals surface area contributed by atoms with Crippen molar-refractivity contribution in [2.24, 2.45) is 11.8 Å². The Kier molecular flexibility index (Phi) is 5.61. The number of methoxy groups -OCH3 is 1. The molecular formula is C11H20BrNO2. The number of hydrogen-bond donors (Lipinski definition) is 0. The van der Waals surface area contributed by atoms with Gasteiger partial charge in [0.15, 0.2) is 0 Å². The Labute approximate surface area is 100 Å². The van der Waals surface area contributed by atoms with E-state index in [9.17, 15) is 4.79 Å². The number of amides is 1. The summed E-state index contributed by atoms with van der Waals surface area (Å²) in [4.78, 5) is 14.0. The van der Waals surface area contributed by atoms with Crippen LogP contribution in [0.25, 0.3) is 0 Å². The average molecular weight is 278 g/mol. The van der Waals surface area contributed by atoms with E-state index in [0.717, 1.165) is 11.9 Å². The van der Waals surface area contributed by atoms with Crippen LogP contribution in [0.3, 0.4) is 0 Å². The summed E-state index contributed by atoms with van der Waals surface area (Å²) in [5, 5.41) is 0.833. The van der Waals surface area contributed by atoms with Gasteiger partial charge >= 0.3 is 0 Å². The second-order valence-electron chi connectivity index (χ2n) is 4.13. The lowest BCUT2D eigenvalue weighted by Gasteiger charge is -2.24. The zero-order valence-electron chi connectivity index (χ0n) is 9.54. The van der Waals surface area contributed by atoms with Crippen LogP contribution in [0.2, 0.25) is 0 Å². The highest BCUT2D eigenvalue weighted by Gasteiger charge is 2.34. The second kappa shape index (κ2) is 6.48. The summed E-state index contributed by atoms with van der Waals surface area (Å²) in [6.45, 7) is 4.15. The van der Waals surface area contributed by atoms with Crippen molar-refractivity contribution >= 4 is 21.8 Å². The molecule has 88 valence electrons. The predicted octanol–water partition coefficient (Wildman–Crippen LogP) is 1.90. The van der Waals surface area contributed by atoms with E-state index in [0.29, 0.717) is 19.1 Å². The molecule has 1 saturated carbocycles. The number of ether oxygens (including phenoxy) is 1. The first-order valence-electron chi connectivity index (χ1n) is 5.54. The smallest absolute Gasteiger partial charge is 0.225 e. The van der Waals surface area contributed by atoms with Crippen LogP contribution in [0.5, 0.6) is 0 Å². The maximum atomic E-state index is 12.1. The van der Waals surface area contributed by atoms with Crippen molar-refractivity contribution in [1.29, 1.82) is 0 Å². The van der Waals surface area contributed by atoms with Gasteiger partial charge in [-0.25, -0.2) is 0 Å². The first kappa shape index (κ1) is 13.0. The Bertz CT molecular complexity index is 207. The standard InChI is InChI=1S/C11H20BrNO2/c1-9(10-3-4-10)11(14)13(6-5-12)7-8-15-2/h9-10H,3-8H2,1-2H3. The van der Waals surface area contributed by atoms with Crippen molar-refractivity contribution in [2.45, 2.75) is 19.8 Å². The van der Waals surface area contributed by atoms with Crippen molar-refractivity contribution in [3.05, 3.63) is 0 Å². The molecule has 15 heavy (non-hydrogen) atoms. The minimum Gasteiger partial charge on any atom is -0.383 e. The molecule has 0 aliphatic heterocycles. The number of carbonyl (C=O) groups is 1. The van der Waals surface area contributed by atoms with E-state index in [2.05, 4.69) is 15.9 Å². The van der Waals surface area contributed by atoms with Gasteiger partial charge in [0.25, 0.3) is 0 Å². The van der Waals surface area contributed by atoms with Gasteiger partial charge in [-0.3, -0.25) is 4.79 Å². The number of halogens is 1. The minimum atomic E-state index is 0.195. The number of rotatable bonds is 7. The molecule has 0 aromatic carbocycles. The Morgan fingerprint density at radius 2 is 2.20 bits per heavy atom. The zero-order valence-corrected chi connectivity index (χ0v) is 11.1. The number of alkyl halides is 1. The van der Waals surface area contributed by atoms with Crippen LogP contribution in [-0.2, 0) is 9.53 Å². The van der Waals surface area contributed by atoms with Crippen molar-refractivity contribution in [1.82, 2.24) is 4.90 Å². The van der Waals surface area contributed by atoms with Crippen molar-refractivity contribution in [3.63, 3.8) is 0 Å². The molecule has 1 fully saturated rings. The van der Waals surface area contributed by atoms with Crippen molar-refractivity contribution in [3.8, 4) is 0 Å². The number of hydrogen-bond acceptors (Lipinski definition) is 2. The Balaban J connectivity index is 2.41. The van der Waals surface area contributed by atoms with Crippen molar-refractivity contribution in [2.75, 3.05) is 32.1 Å². The molecule has 0 spiro atoms. The molecule has 1 rings (SSSR count). The van der Waals surface area contributed by atoms with Gasteiger partial charge < -0.3 is 9.64 Å². The normalized spacial score (nSPS) is 17.5. The lowest BCUT2D eigenvalue weighted by atomic mass is 10.1. The molecule has 0 aromatic rings. The SMILES string of the molecule is COCCN(CCBr)C(=O)C(C)C1CC1. The van der Waals surface area contributed by atoms with E-state index >= 15 is 0 Å². The van der Waals surface area contributed by atoms with Gasteiger partial charge in [0, 0.05) is 31.4 Å². The molecule has 0 saturated heterocycles. The summed E-state index contributed by atoms with van der Waals surface area (Å²) in [5.74, 6) is 1.12. The highest BCUT2D eigenvalue weighted by molar-refractivity contribution is 9.09. The lowest BCUT2D eigenvalue weighted by Crippen LogP contribution is -2.39. The molecule has 0 radical (unpaired) electrons. The minimum absolute atomic E-state index is 0.195. The van der Waals surface area contributed by atoms with E-state index in [1.807, 2.05) is 11.8 Å². The van der Waals surface area contributed by atoms with Gasteiger partial charge in [-0.2, -0.15) is 0 Å². The van der Waals surface area contributed by atoms with Gasteiger partial charge in [-0.15, -0.1) is 0 Å². The van der Waals surface area contributed by atoms with Crippen molar-refractivity contribution < 1.29 is 9.53 Å². The second-order valence-corrected chi connectivity index (χ2v) is 4.93. The molecule has 0 heterocycles. The quantitative estimate of drug-likeness (QED) is 0.666. The fourth-order valence-corrected chi connectivity index (χ4v) is 2.15. The van der Waals surface area contributed by atoms with Gasteiger partial charge in [0.1, 0.15) is 0 Å². The fourth-order valence-electron chi connectivity index (χ4n) is 1.72. The molecule has 1 atom stereocenters. The molecule has 1 aliphatic carbocycles. The molecule has 1 unspecified atom stereocenters. The summed E-state index contributed by atoms with van der Waals surface area (Å²) in [7, 11) is 1.67. The van der Waals surface area contributed by atoms with Crippen LogP contribution in [-0.4, -0.2) is 42.9 Å². The molecule has 1 aliphatic rings. The first-order chi connectivity index (χ1) is 7.20. The summed E-state index contributed by atoms with van der Waals surface area (Å²) in [6, 6.07) is 0. The lowest BCUT2D eigenvalue weighted by molar-refractivity contribution is -0.136. The molecule has 4 heteroatoms. The van der Waals surface area contributed by atoms with Gasteiger partial charge in [0.05, 0.1) is 6.61 Å². The van der Waals surface area contributed by atoms with Gasteiger partial charge in [-0.05, 0) is 18.8 Å². The number of nitrogens with zero attached hydrogens (tertiary/aromatic N) is 1. The predicted molar refractivity (Wildman–Crippen MR) is 64.1 cm³/mol. The summed E-state index contributed by atoms with van der Waals surface area (Å²) in [6.07, 6.45) is 2.44. The largest absolute Gasteiger partial charge is 0.383 e. The van der Waals surface area contributed by atoms with Crippen LogP contribution >= 0.6 is 15.9 Å². The summed E-state index contributed by atoms with van der Waals surface area (Å²) < 4.78 is 5.02. The monoisotopic (exact) mass is 277 g/mol. The van der Waals surface area contributed by atoms with Gasteiger partial charge in [-0.1, -0.05) is 22.9 Å². The molecule has 3 nitrogen and oxygen atoms in total. The van der Waals surface area contributed by atoms with Gasteiger partial charge in [0.2, 0.25) is 5.91 Å². The molecule has 1 amide bonds. The third-order valence-electron chi connectivity index (χ3n) is 2.95.